The van der Waals surface area contributed by atoms with Crippen molar-refractivity contribution in [3.63, 3.8) is 0 Å². The minimum atomic E-state index is -0.687. The van der Waals surface area contributed by atoms with Crippen LogP contribution in [0.15, 0.2) is 52.0 Å². The molecular formula is C19H23N3O4S. The number of morpholine rings is 1. The van der Waals surface area contributed by atoms with E-state index in [4.69, 9.17) is 9.15 Å². The van der Waals surface area contributed by atoms with Gasteiger partial charge in [0.2, 0.25) is 0 Å². The highest BCUT2D eigenvalue weighted by Crippen LogP contribution is 2.22. The van der Waals surface area contributed by atoms with Crippen molar-refractivity contribution in [2.45, 2.75) is 10.9 Å². The number of benzene rings is 1. The molecule has 0 spiro atoms. The molecule has 2 N–H and O–H groups in total. The van der Waals surface area contributed by atoms with Gasteiger partial charge in [0.15, 0.2) is 0 Å². The molecule has 1 aliphatic heterocycles. The van der Waals surface area contributed by atoms with Crippen LogP contribution in [0.3, 0.4) is 0 Å². The summed E-state index contributed by atoms with van der Waals surface area (Å²) in [6.45, 7) is 3.04. The summed E-state index contributed by atoms with van der Waals surface area (Å²) in [7, 11) is 0. The molecule has 2 amide bonds. The molecule has 2 aromatic rings. The monoisotopic (exact) mass is 389 g/mol. The van der Waals surface area contributed by atoms with Crippen LogP contribution in [0, 0.1) is 0 Å². The first-order chi connectivity index (χ1) is 13.2. The lowest BCUT2D eigenvalue weighted by molar-refractivity contribution is -0.136. The van der Waals surface area contributed by atoms with Crippen LogP contribution in [0.5, 0.6) is 0 Å². The van der Waals surface area contributed by atoms with E-state index >= 15 is 0 Å². The largest absolute Gasteiger partial charge is 0.468 e. The second-order valence-electron chi connectivity index (χ2n) is 6.08. The third-order valence-electron chi connectivity index (χ3n) is 4.35. The lowest BCUT2D eigenvalue weighted by Crippen LogP contribution is -2.45. The lowest BCUT2D eigenvalue weighted by atomic mass is 10.1. The minimum Gasteiger partial charge on any atom is -0.468 e. The van der Waals surface area contributed by atoms with E-state index < -0.39 is 11.8 Å². The third-order valence-corrected chi connectivity index (χ3v) is 5.07. The fourth-order valence-corrected chi connectivity index (χ4v) is 3.40. The molecule has 144 valence electrons. The predicted octanol–water partition coefficient (Wildman–Crippen LogP) is 2.13. The van der Waals surface area contributed by atoms with E-state index in [1.165, 1.54) is 0 Å². The second-order valence-corrected chi connectivity index (χ2v) is 6.96. The van der Waals surface area contributed by atoms with Gasteiger partial charge in [-0.3, -0.25) is 14.5 Å². The number of nitrogens with one attached hydrogen (secondary N) is 2. The topological polar surface area (TPSA) is 83.8 Å². The number of carbonyl (C=O) groups excluding carboxylic acids is 2. The number of furan rings is 1. The van der Waals surface area contributed by atoms with Gasteiger partial charge in [0.05, 0.1) is 25.5 Å². The molecular weight excluding hydrogens is 366 g/mol. The zero-order valence-corrected chi connectivity index (χ0v) is 16.0. The molecule has 1 aliphatic rings. The van der Waals surface area contributed by atoms with E-state index in [1.54, 1.807) is 24.1 Å². The number of amides is 2. The van der Waals surface area contributed by atoms with Crippen molar-refractivity contribution in [2.75, 3.05) is 44.4 Å². The van der Waals surface area contributed by atoms with Crippen molar-refractivity contribution in [1.82, 2.24) is 10.2 Å². The fourth-order valence-electron chi connectivity index (χ4n) is 2.94. The van der Waals surface area contributed by atoms with E-state index in [-0.39, 0.29) is 12.6 Å². The quantitative estimate of drug-likeness (QED) is 0.582. The molecule has 1 saturated heterocycles. The van der Waals surface area contributed by atoms with E-state index in [1.807, 2.05) is 36.6 Å². The average Bonchev–Trinajstić information content (AvgIpc) is 3.23. The van der Waals surface area contributed by atoms with Crippen LogP contribution >= 0.6 is 11.8 Å². The fraction of sp³-hybridized carbons (Fsp3) is 0.368. The Morgan fingerprint density at radius 2 is 2.00 bits per heavy atom. The Morgan fingerprint density at radius 1 is 1.19 bits per heavy atom. The molecule has 3 rings (SSSR count). The smallest absolute Gasteiger partial charge is 0.313 e. The Morgan fingerprint density at radius 3 is 2.70 bits per heavy atom. The molecule has 1 aromatic carbocycles. The molecule has 1 unspecified atom stereocenters. The highest BCUT2D eigenvalue weighted by Gasteiger charge is 2.26. The Hall–Kier alpha value is -2.29. The maximum Gasteiger partial charge on any atom is 0.313 e. The normalized spacial score (nSPS) is 15.9. The van der Waals surface area contributed by atoms with Crippen LogP contribution in [-0.2, 0) is 14.3 Å². The van der Waals surface area contributed by atoms with Crippen molar-refractivity contribution in [3.05, 3.63) is 48.4 Å². The van der Waals surface area contributed by atoms with Crippen LogP contribution in [0.1, 0.15) is 11.8 Å². The number of carbonyl (C=O) groups is 2. The molecule has 2 heterocycles. The number of rotatable bonds is 6. The van der Waals surface area contributed by atoms with Crippen molar-refractivity contribution in [2.24, 2.45) is 0 Å². The van der Waals surface area contributed by atoms with Gasteiger partial charge in [-0.05, 0) is 36.6 Å². The first-order valence-corrected chi connectivity index (χ1v) is 9.98. The Balaban J connectivity index is 1.58. The molecule has 0 radical (unpaired) electrons. The lowest BCUT2D eigenvalue weighted by Gasteiger charge is -2.33. The zero-order valence-electron chi connectivity index (χ0n) is 15.1. The van der Waals surface area contributed by atoms with Crippen LogP contribution in [0.25, 0.3) is 0 Å². The summed E-state index contributed by atoms with van der Waals surface area (Å²) < 4.78 is 10.9. The summed E-state index contributed by atoms with van der Waals surface area (Å²) in [5.41, 5.74) is 0.595. The first-order valence-electron chi connectivity index (χ1n) is 8.76. The van der Waals surface area contributed by atoms with Crippen molar-refractivity contribution < 1.29 is 18.7 Å². The minimum absolute atomic E-state index is 0.138. The van der Waals surface area contributed by atoms with Gasteiger partial charge >= 0.3 is 11.8 Å². The molecule has 27 heavy (non-hydrogen) atoms. The number of ether oxygens (including phenoxy) is 1. The van der Waals surface area contributed by atoms with Gasteiger partial charge in [0.1, 0.15) is 5.76 Å². The first kappa shape index (κ1) is 19.5. The van der Waals surface area contributed by atoms with Gasteiger partial charge in [-0.15, -0.1) is 11.8 Å². The van der Waals surface area contributed by atoms with E-state index in [0.717, 1.165) is 23.7 Å². The summed E-state index contributed by atoms with van der Waals surface area (Å²) in [6.07, 6.45) is 3.56. The molecule has 0 bridgehead atoms. The van der Waals surface area contributed by atoms with Crippen LogP contribution in [-0.4, -0.2) is 55.8 Å². The summed E-state index contributed by atoms with van der Waals surface area (Å²) in [5, 5.41) is 5.35. The summed E-state index contributed by atoms with van der Waals surface area (Å²) in [4.78, 5) is 27.7. The van der Waals surface area contributed by atoms with Gasteiger partial charge in [-0.1, -0.05) is 6.07 Å². The highest BCUT2D eigenvalue weighted by atomic mass is 32.2. The molecule has 8 heteroatoms. The maximum absolute atomic E-state index is 12.3. The van der Waals surface area contributed by atoms with E-state index in [9.17, 15) is 9.59 Å². The third kappa shape index (κ3) is 5.35. The molecule has 7 nitrogen and oxygen atoms in total. The SMILES string of the molecule is CSc1cccc(NC(=O)C(=O)NCC(c2ccco2)N2CCOCC2)c1. The Labute approximate surface area is 162 Å². The van der Waals surface area contributed by atoms with Crippen molar-refractivity contribution >= 4 is 29.3 Å². The van der Waals surface area contributed by atoms with Crippen molar-refractivity contribution in [3.8, 4) is 0 Å². The zero-order chi connectivity index (χ0) is 19.1. The molecule has 1 aromatic heterocycles. The van der Waals surface area contributed by atoms with Gasteiger partial charge in [-0.2, -0.15) is 0 Å². The summed E-state index contributed by atoms with van der Waals surface area (Å²) in [6, 6.07) is 10.9. The Bertz CT molecular complexity index is 760. The van der Waals surface area contributed by atoms with Gasteiger partial charge in [0.25, 0.3) is 0 Å². The second kappa shape index (κ2) is 9.59. The number of hydrogen-bond acceptors (Lipinski definition) is 6. The Kier molecular flexibility index (Phi) is 6.92. The van der Waals surface area contributed by atoms with Gasteiger partial charge in [-0.25, -0.2) is 0 Å². The van der Waals surface area contributed by atoms with Crippen LogP contribution in [0.2, 0.25) is 0 Å². The number of nitrogens with zero attached hydrogens (tertiary/aromatic N) is 1. The standard InChI is InChI=1S/C19H23N3O4S/c1-27-15-5-2-4-14(12-15)21-19(24)18(23)20-13-16(17-6-3-9-26-17)22-7-10-25-11-8-22/h2-6,9,12,16H,7-8,10-11,13H2,1H3,(H,20,23)(H,21,24). The highest BCUT2D eigenvalue weighted by molar-refractivity contribution is 7.98. The van der Waals surface area contributed by atoms with Crippen LogP contribution in [0.4, 0.5) is 5.69 Å². The van der Waals surface area contributed by atoms with Gasteiger partial charge in [0, 0.05) is 30.2 Å². The number of thioether (sulfide) groups is 1. The molecule has 0 saturated carbocycles. The number of hydrogen-bond donors (Lipinski definition) is 2. The summed E-state index contributed by atoms with van der Waals surface area (Å²) in [5.74, 6) is -0.604. The molecule has 1 fully saturated rings. The van der Waals surface area contributed by atoms with Gasteiger partial charge < -0.3 is 19.8 Å². The molecule has 1 atom stereocenters. The van der Waals surface area contributed by atoms with Crippen molar-refractivity contribution in [1.29, 1.82) is 0 Å². The number of anilines is 1. The average molecular weight is 389 g/mol. The van der Waals surface area contributed by atoms with E-state index in [0.29, 0.717) is 18.9 Å². The molecule has 0 aliphatic carbocycles. The van der Waals surface area contributed by atoms with Crippen LogP contribution < -0.4 is 10.6 Å². The maximum atomic E-state index is 12.3. The predicted molar refractivity (Wildman–Crippen MR) is 104 cm³/mol. The summed E-state index contributed by atoms with van der Waals surface area (Å²) >= 11 is 1.57. The van der Waals surface area contributed by atoms with E-state index in [2.05, 4.69) is 15.5 Å².